The summed E-state index contributed by atoms with van der Waals surface area (Å²) in [4.78, 5) is 20.8. The van der Waals surface area contributed by atoms with Crippen LogP contribution in [0.1, 0.15) is 17.3 Å². The number of benzene rings is 1. The van der Waals surface area contributed by atoms with E-state index in [0.717, 1.165) is 18.3 Å². The molecule has 1 N–H and O–H groups in total. The lowest BCUT2D eigenvalue weighted by molar-refractivity contribution is -0.136. The van der Waals surface area contributed by atoms with Gasteiger partial charge in [0.05, 0.1) is 44.4 Å². The molecule has 1 aliphatic rings. The molecule has 0 unspecified atom stereocenters. The number of carbonyl (C=O) groups excluding carboxylic acids is 1. The number of ether oxygens (including phenoxy) is 3. The number of esters is 1. The molecule has 0 aliphatic carbocycles. The SMILES string of the molecule is COCCOCC1=C(C(=O)OC)[C@H](c2ccc(F)cc2Cl)N=C(c2ncc(F)cc2F)N1. The van der Waals surface area contributed by atoms with Gasteiger partial charge in [0.2, 0.25) is 0 Å². The molecule has 0 bridgehead atoms. The van der Waals surface area contributed by atoms with Crippen molar-refractivity contribution >= 4 is 23.4 Å². The highest BCUT2D eigenvalue weighted by Crippen LogP contribution is 2.36. The summed E-state index contributed by atoms with van der Waals surface area (Å²) >= 11 is 6.22. The molecular formula is C21H19ClF3N3O4. The first-order chi connectivity index (χ1) is 15.3. The van der Waals surface area contributed by atoms with Crippen LogP contribution in [-0.4, -0.2) is 50.8 Å². The number of hydrogen-bond acceptors (Lipinski definition) is 7. The number of nitrogens with zero attached hydrogens (tertiary/aromatic N) is 2. The molecule has 0 saturated carbocycles. The third-order valence-corrected chi connectivity index (χ3v) is 4.83. The number of halogens is 4. The molecule has 1 atom stereocenters. The van der Waals surface area contributed by atoms with Crippen LogP contribution in [0.4, 0.5) is 13.2 Å². The summed E-state index contributed by atoms with van der Waals surface area (Å²) < 4.78 is 56.8. The van der Waals surface area contributed by atoms with Crippen molar-refractivity contribution in [2.45, 2.75) is 6.04 Å². The Morgan fingerprint density at radius 2 is 1.94 bits per heavy atom. The predicted molar refractivity (Wildman–Crippen MR) is 110 cm³/mol. The van der Waals surface area contributed by atoms with E-state index in [2.05, 4.69) is 15.3 Å². The van der Waals surface area contributed by atoms with Crippen LogP contribution >= 0.6 is 11.6 Å². The second-order valence-corrected chi connectivity index (χ2v) is 6.99. The molecule has 0 fully saturated rings. The Kier molecular flexibility index (Phi) is 7.84. The van der Waals surface area contributed by atoms with Gasteiger partial charge >= 0.3 is 5.97 Å². The highest BCUT2D eigenvalue weighted by atomic mass is 35.5. The monoisotopic (exact) mass is 469 g/mol. The fourth-order valence-electron chi connectivity index (χ4n) is 3.03. The van der Waals surface area contributed by atoms with Crippen LogP contribution in [-0.2, 0) is 19.0 Å². The van der Waals surface area contributed by atoms with E-state index in [0.29, 0.717) is 12.7 Å². The summed E-state index contributed by atoms with van der Waals surface area (Å²) in [5.41, 5.74) is 0.218. The third kappa shape index (κ3) is 5.26. The summed E-state index contributed by atoms with van der Waals surface area (Å²) in [5, 5.41) is 2.82. The molecule has 170 valence electrons. The first-order valence-electron chi connectivity index (χ1n) is 9.35. The molecule has 2 heterocycles. The average molecular weight is 470 g/mol. The van der Waals surface area contributed by atoms with Gasteiger partial charge in [0.1, 0.15) is 23.4 Å². The molecule has 1 aromatic carbocycles. The smallest absolute Gasteiger partial charge is 0.338 e. The number of pyridine rings is 1. The number of aliphatic imine (C=N–C) groups is 1. The standard InChI is InChI=1S/C21H19ClF3N3O4/c1-30-5-6-32-10-16-17(21(29)31-2)18(13-4-3-11(23)7-14(13)22)28-20(27-16)19-15(25)8-12(24)9-26-19/h3-4,7-9,18H,5-6,10H2,1-2H3,(H,27,28)/t18-/m0/s1. The zero-order valence-corrected chi connectivity index (χ0v) is 17.9. The Hall–Kier alpha value is -2.95. The summed E-state index contributed by atoms with van der Waals surface area (Å²) in [6, 6.07) is 3.13. The molecule has 2 aromatic rings. The van der Waals surface area contributed by atoms with E-state index in [1.165, 1.54) is 20.3 Å². The van der Waals surface area contributed by atoms with Crippen LogP contribution in [0.15, 0.2) is 46.7 Å². The summed E-state index contributed by atoms with van der Waals surface area (Å²) in [6.45, 7) is 0.377. The number of aromatic nitrogens is 1. The van der Waals surface area contributed by atoms with Gasteiger partial charge in [0.25, 0.3) is 0 Å². The zero-order valence-electron chi connectivity index (χ0n) is 17.1. The van der Waals surface area contributed by atoms with Crippen LogP contribution in [0, 0.1) is 17.5 Å². The van der Waals surface area contributed by atoms with Gasteiger partial charge in [-0.15, -0.1) is 0 Å². The Morgan fingerprint density at radius 1 is 1.16 bits per heavy atom. The Labute approximate surface area is 186 Å². The van der Waals surface area contributed by atoms with Gasteiger partial charge in [-0.1, -0.05) is 17.7 Å². The number of rotatable bonds is 8. The minimum absolute atomic E-state index is 0.00593. The second-order valence-electron chi connectivity index (χ2n) is 6.58. The van der Waals surface area contributed by atoms with Gasteiger partial charge in [0, 0.05) is 23.8 Å². The van der Waals surface area contributed by atoms with E-state index in [4.69, 9.17) is 25.8 Å². The van der Waals surface area contributed by atoms with Gasteiger partial charge in [-0.25, -0.2) is 22.9 Å². The quantitative estimate of drug-likeness (QED) is 0.472. The number of methoxy groups -OCH3 is 2. The molecule has 0 saturated heterocycles. The molecule has 0 spiro atoms. The van der Waals surface area contributed by atoms with E-state index in [1.54, 1.807) is 0 Å². The molecule has 1 aliphatic heterocycles. The van der Waals surface area contributed by atoms with Crippen molar-refractivity contribution in [1.82, 2.24) is 10.3 Å². The first-order valence-corrected chi connectivity index (χ1v) is 9.72. The average Bonchev–Trinajstić information content (AvgIpc) is 2.76. The molecule has 1 aromatic heterocycles. The van der Waals surface area contributed by atoms with Crippen LogP contribution in [0.5, 0.6) is 0 Å². The van der Waals surface area contributed by atoms with Gasteiger partial charge in [0.15, 0.2) is 11.7 Å². The minimum atomic E-state index is -1.10. The van der Waals surface area contributed by atoms with Gasteiger partial charge in [-0.3, -0.25) is 4.99 Å². The minimum Gasteiger partial charge on any atom is -0.466 e. The number of hydrogen-bond donors (Lipinski definition) is 1. The molecule has 11 heteroatoms. The van der Waals surface area contributed by atoms with Crippen LogP contribution < -0.4 is 5.32 Å². The van der Waals surface area contributed by atoms with Crippen molar-refractivity contribution in [3.63, 3.8) is 0 Å². The zero-order chi connectivity index (χ0) is 23.3. The highest BCUT2D eigenvalue weighted by molar-refractivity contribution is 6.31. The summed E-state index contributed by atoms with van der Waals surface area (Å²) in [6.07, 6.45) is 0.830. The summed E-state index contributed by atoms with van der Waals surface area (Å²) in [7, 11) is 2.68. The molecule has 32 heavy (non-hydrogen) atoms. The van der Waals surface area contributed by atoms with Crippen molar-refractivity contribution in [2.75, 3.05) is 34.0 Å². The van der Waals surface area contributed by atoms with Gasteiger partial charge in [-0.05, 0) is 12.1 Å². The van der Waals surface area contributed by atoms with E-state index >= 15 is 0 Å². The van der Waals surface area contributed by atoms with Crippen molar-refractivity contribution in [3.8, 4) is 0 Å². The Balaban J connectivity index is 2.13. The maximum atomic E-state index is 14.4. The van der Waals surface area contributed by atoms with Crippen LogP contribution in [0.3, 0.4) is 0 Å². The first kappa shape index (κ1) is 23.7. The largest absolute Gasteiger partial charge is 0.466 e. The van der Waals surface area contributed by atoms with Crippen molar-refractivity contribution < 1.29 is 32.2 Å². The van der Waals surface area contributed by atoms with Crippen molar-refractivity contribution in [1.29, 1.82) is 0 Å². The van der Waals surface area contributed by atoms with E-state index in [9.17, 15) is 18.0 Å². The number of amidine groups is 1. The maximum Gasteiger partial charge on any atom is 0.338 e. The molecular weight excluding hydrogens is 451 g/mol. The fraction of sp³-hybridized carbons (Fsp3) is 0.286. The second kappa shape index (κ2) is 10.6. The Bertz CT molecular complexity index is 1080. The van der Waals surface area contributed by atoms with Crippen molar-refractivity contribution in [2.24, 2.45) is 4.99 Å². The fourth-order valence-corrected chi connectivity index (χ4v) is 3.30. The lowest BCUT2D eigenvalue weighted by Gasteiger charge is -2.27. The molecule has 7 nitrogen and oxygen atoms in total. The van der Waals surface area contributed by atoms with E-state index < -0.39 is 29.5 Å². The molecule has 3 rings (SSSR count). The topological polar surface area (TPSA) is 82.0 Å². The van der Waals surface area contributed by atoms with Crippen LogP contribution in [0.25, 0.3) is 0 Å². The van der Waals surface area contributed by atoms with Crippen molar-refractivity contribution in [3.05, 3.63) is 75.5 Å². The van der Waals surface area contributed by atoms with E-state index in [1.807, 2.05) is 0 Å². The number of nitrogens with one attached hydrogen (secondary N) is 1. The lowest BCUT2D eigenvalue weighted by Crippen LogP contribution is -2.36. The Morgan fingerprint density at radius 3 is 2.59 bits per heavy atom. The highest BCUT2D eigenvalue weighted by Gasteiger charge is 2.34. The normalized spacial score (nSPS) is 15.9. The van der Waals surface area contributed by atoms with Gasteiger partial charge in [-0.2, -0.15) is 0 Å². The predicted octanol–water partition coefficient (Wildman–Crippen LogP) is 3.33. The van der Waals surface area contributed by atoms with E-state index in [-0.39, 0.29) is 46.6 Å². The third-order valence-electron chi connectivity index (χ3n) is 4.50. The summed E-state index contributed by atoms with van der Waals surface area (Å²) in [5.74, 6) is -3.26. The van der Waals surface area contributed by atoms with Gasteiger partial charge < -0.3 is 19.5 Å². The molecule has 0 amide bonds. The van der Waals surface area contributed by atoms with Crippen LogP contribution in [0.2, 0.25) is 5.02 Å². The number of carbonyl (C=O) groups is 1. The molecule has 0 radical (unpaired) electrons. The lowest BCUT2D eigenvalue weighted by atomic mass is 9.95. The maximum absolute atomic E-state index is 14.4.